The Kier molecular flexibility index (Phi) is 5.34. The van der Waals surface area contributed by atoms with E-state index in [1.807, 2.05) is 0 Å². The van der Waals surface area contributed by atoms with Gasteiger partial charge in [-0.15, -0.1) is 0 Å². The second kappa shape index (κ2) is 7.01. The van der Waals surface area contributed by atoms with E-state index in [0.717, 1.165) is 39.0 Å². The van der Waals surface area contributed by atoms with Crippen LogP contribution in [0.1, 0.15) is 39.0 Å². The molecule has 0 aliphatic carbocycles. The maximum absolute atomic E-state index is 12.0. The fourth-order valence-corrected chi connectivity index (χ4v) is 2.87. The van der Waals surface area contributed by atoms with Crippen molar-refractivity contribution in [3.8, 4) is 0 Å². The van der Waals surface area contributed by atoms with E-state index >= 15 is 0 Å². The number of hydrogen-bond donors (Lipinski definition) is 1. The third kappa shape index (κ3) is 3.76. The van der Waals surface area contributed by atoms with Gasteiger partial charge in [0.1, 0.15) is 0 Å². The van der Waals surface area contributed by atoms with Crippen LogP contribution < -0.4 is 5.32 Å². The van der Waals surface area contributed by atoms with Crippen LogP contribution >= 0.6 is 0 Å². The normalized spacial score (nSPS) is 26.6. The molecular weight excluding hydrogens is 244 g/mol. The second-order valence-corrected chi connectivity index (χ2v) is 5.39. The molecule has 2 atom stereocenters. The van der Waals surface area contributed by atoms with Crippen LogP contribution in [-0.2, 0) is 14.3 Å². The summed E-state index contributed by atoms with van der Waals surface area (Å²) in [5.74, 6) is 0.387. The van der Waals surface area contributed by atoms with Crippen molar-refractivity contribution >= 4 is 11.8 Å². The van der Waals surface area contributed by atoms with E-state index in [4.69, 9.17) is 4.74 Å². The van der Waals surface area contributed by atoms with Crippen molar-refractivity contribution in [2.45, 2.75) is 45.1 Å². The zero-order valence-corrected chi connectivity index (χ0v) is 11.7. The van der Waals surface area contributed by atoms with Gasteiger partial charge in [0, 0.05) is 38.0 Å². The molecule has 108 valence electrons. The highest BCUT2D eigenvalue weighted by Gasteiger charge is 2.31. The molecule has 2 unspecified atom stereocenters. The van der Waals surface area contributed by atoms with Crippen LogP contribution in [0, 0.1) is 5.92 Å². The van der Waals surface area contributed by atoms with E-state index in [0.29, 0.717) is 25.3 Å². The maximum Gasteiger partial charge on any atom is 0.229 e. The van der Waals surface area contributed by atoms with Gasteiger partial charge in [-0.3, -0.25) is 14.5 Å². The molecule has 5 nitrogen and oxygen atoms in total. The van der Waals surface area contributed by atoms with Crippen LogP contribution in [0.2, 0.25) is 0 Å². The summed E-state index contributed by atoms with van der Waals surface area (Å²) in [4.78, 5) is 25.5. The van der Waals surface area contributed by atoms with Gasteiger partial charge in [-0.05, 0) is 25.8 Å². The molecule has 0 saturated carbocycles. The van der Waals surface area contributed by atoms with Gasteiger partial charge in [0.2, 0.25) is 11.8 Å². The van der Waals surface area contributed by atoms with Gasteiger partial charge in [-0.1, -0.05) is 6.92 Å². The lowest BCUT2D eigenvalue weighted by molar-refractivity contribution is -0.144. The van der Waals surface area contributed by atoms with E-state index in [1.165, 1.54) is 4.90 Å². The van der Waals surface area contributed by atoms with Gasteiger partial charge in [-0.25, -0.2) is 0 Å². The molecule has 2 rings (SSSR count). The van der Waals surface area contributed by atoms with Crippen molar-refractivity contribution in [2.24, 2.45) is 5.92 Å². The van der Waals surface area contributed by atoms with Gasteiger partial charge in [0.15, 0.2) is 0 Å². The minimum Gasteiger partial charge on any atom is -0.381 e. The summed E-state index contributed by atoms with van der Waals surface area (Å²) >= 11 is 0. The number of amides is 2. The van der Waals surface area contributed by atoms with Crippen LogP contribution in [0.15, 0.2) is 0 Å². The molecule has 0 aromatic rings. The Hall–Kier alpha value is -0.940. The molecular formula is C14H24N2O3. The zero-order chi connectivity index (χ0) is 13.7. The Bertz CT molecular complexity index is 309. The van der Waals surface area contributed by atoms with Crippen molar-refractivity contribution in [1.29, 1.82) is 0 Å². The quantitative estimate of drug-likeness (QED) is 0.754. The van der Waals surface area contributed by atoms with Crippen LogP contribution in [-0.4, -0.2) is 49.1 Å². The monoisotopic (exact) mass is 268 g/mol. The first-order valence-electron chi connectivity index (χ1n) is 7.36. The number of nitrogens with one attached hydrogen (secondary N) is 1. The number of likely N-dealkylation sites (N-methyl/N-ethyl adjacent to an activating group) is 1. The van der Waals surface area contributed by atoms with Gasteiger partial charge in [-0.2, -0.15) is 0 Å². The first-order valence-corrected chi connectivity index (χ1v) is 7.36. The molecule has 0 bridgehead atoms. The number of imide groups is 1. The average Bonchev–Trinajstić information content (AvgIpc) is 2.88. The summed E-state index contributed by atoms with van der Waals surface area (Å²) < 4.78 is 5.42. The van der Waals surface area contributed by atoms with Gasteiger partial charge in [0.05, 0.1) is 6.61 Å². The Balaban J connectivity index is 2.01. The molecule has 19 heavy (non-hydrogen) atoms. The number of ether oxygens (including phenoxy) is 1. The van der Waals surface area contributed by atoms with Crippen LogP contribution in [0.4, 0.5) is 0 Å². The molecule has 2 fully saturated rings. The molecule has 2 heterocycles. The lowest BCUT2D eigenvalue weighted by Crippen LogP contribution is -2.49. The van der Waals surface area contributed by atoms with Gasteiger partial charge >= 0.3 is 0 Å². The molecule has 2 saturated heterocycles. The molecule has 2 aliphatic heterocycles. The summed E-state index contributed by atoms with van der Waals surface area (Å²) in [5, 5.41) is 3.41. The van der Waals surface area contributed by atoms with Crippen molar-refractivity contribution in [3.63, 3.8) is 0 Å². The molecule has 5 heteroatoms. The molecule has 0 radical (unpaired) electrons. The van der Waals surface area contributed by atoms with E-state index in [2.05, 4.69) is 12.2 Å². The van der Waals surface area contributed by atoms with Crippen LogP contribution in [0.25, 0.3) is 0 Å². The SMILES string of the molecule is CCNC(CN1C(=O)CCCCC1=O)C1CCOC1. The lowest BCUT2D eigenvalue weighted by atomic mass is 9.98. The molecule has 0 aromatic heterocycles. The van der Waals surface area contributed by atoms with Gasteiger partial charge in [0.25, 0.3) is 0 Å². The second-order valence-electron chi connectivity index (χ2n) is 5.39. The summed E-state index contributed by atoms with van der Waals surface area (Å²) in [5.41, 5.74) is 0. The van der Waals surface area contributed by atoms with E-state index in [1.54, 1.807) is 0 Å². The Morgan fingerprint density at radius 2 is 2.00 bits per heavy atom. The third-order valence-electron chi connectivity index (χ3n) is 4.01. The average molecular weight is 268 g/mol. The topological polar surface area (TPSA) is 58.6 Å². The Morgan fingerprint density at radius 3 is 2.53 bits per heavy atom. The van der Waals surface area contributed by atoms with Crippen molar-refractivity contribution in [1.82, 2.24) is 10.2 Å². The van der Waals surface area contributed by atoms with Gasteiger partial charge < -0.3 is 10.1 Å². The van der Waals surface area contributed by atoms with Crippen molar-refractivity contribution in [3.05, 3.63) is 0 Å². The minimum atomic E-state index is -0.00989. The first kappa shape index (κ1) is 14.5. The number of likely N-dealkylation sites (tertiary alicyclic amines) is 1. The van der Waals surface area contributed by atoms with E-state index in [-0.39, 0.29) is 17.9 Å². The van der Waals surface area contributed by atoms with Crippen molar-refractivity contribution < 1.29 is 14.3 Å². The van der Waals surface area contributed by atoms with Crippen molar-refractivity contribution in [2.75, 3.05) is 26.3 Å². The largest absolute Gasteiger partial charge is 0.381 e. The number of carbonyl (C=O) groups is 2. The smallest absolute Gasteiger partial charge is 0.229 e. The minimum absolute atomic E-state index is 0.00989. The maximum atomic E-state index is 12.0. The third-order valence-corrected chi connectivity index (χ3v) is 4.01. The standard InChI is InChI=1S/C14H24N2O3/c1-2-15-12(11-7-8-19-10-11)9-16-13(17)5-3-4-6-14(16)18/h11-12,15H,2-10H2,1H3. The summed E-state index contributed by atoms with van der Waals surface area (Å²) in [6.45, 7) is 4.91. The number of nitrogens with zero attached hydrogens (tertiary/aromatic N) is 1. The van der Waals surface area contributed by atoms with E-state index in [9.17, 15) is 9.59 Å². The Morgan fingerprint density at radius 1 is 1.32 bits per heavy atom. The predicted octanol–water partition coefficient (Wildman–Crippen LogP) is 0.930. The fraction of sp³-hybridized carbons (Fsp3) is 0.857. The zero-order valence-electron chi connectivity index (χ0n) is 11.7. The number of hydrogen-bond acceptors (Lipinski definition) is 4. The molecule has 2 aliphatic rings. The summed E-state index contributed by atoms with van der Waals surface area (Å²) in [6.07, 6.45) is 3.68. The van der Waals surface area contributed by atoms with Crippen LogP contribution in [0.3, 0.4) is 0 Å². The molecule has 0 aromatic carbocycles. The number of rotatable bonds is 5. The fourth-order valence-electron chi connectivity index (χ4n) is 2.87. The Labute approximate surface area is 114 Å². The number of carbonyl (C=O) groups excluding carboxylic acids is 2. The summed E-state index contributed by atoms with van der Waals surface area (Å²) in [7, 11) is 0. The highest BCUT2D eigenvalue weighted by atomic mass is 16.5. The lowest BCUT2D eigenvalue weighted by Gasteiger charge is -2.29. The molecule has 1 N–H and O–H groups in total. The molecule has 0 spiro atoms. The summed E-state index contributed by atoms with van der Waals surface area (Å²) in [6, 6.07) is 0.165. The predicted molar refractivity (Wildman–Crippen MR) is 71.6 cm³/mol. The highest BCUT2D eigenvalue weighted by molar-refractivity contribution is 5.96. The molecule has 2 amide bonds. The van der Waals surface area contributed by atoms with Crippen LogP contribution in [0.5, 0.6) is 0 Å². The first-order chi connectivity index (χ1) is 9.22. The highest BCUT2D eigenvalue weighted by Crippen LogP contribution is 2.20. The van der Waals surface area contributed by atoms with E-state index < -0.39 is 0 Å².